The standard InChI is InChI=1S/C16H17N3O3/c1-19(16(20)21-2)13-3-4-15-14(8-13)11(5-6-22-15)7-12-9-17-10-18-12/h3-4,7-10H,5-6H2,1-2H3,(H,17,18). The number of hydrogen-bond acceptors (Lipinski definition) is 4. The van der Waals surface area contributed by atoms with E-state index in [0.29, 0.717) is 6.61 Å². The van der Waals surface area contributed by atoms with E-state index in [1.165, 1.54) is 12.0 Å². The molecule has 6 nitrogen and oxygen atoms in total. The minimum atomic E-state index is -0.407. The number of ether oxygens (including phenoxy) is 2. The second-order valence-electron chi connectivity index (χ2n) is 4.98. The highest BCUT2D eigenvalue weighted by Crippen LogP contribution is 2.36. The number of nitrogens with one attached hydrogen (secondary N) is 1. The zero-order chi connectivity index (χ0) is 15.5. The monoisotopic (exact) mass is 299 g/mol. The van der Waals surface area contributed by atoms with Gasteiger partial charge in [-0.15, -0.1) is 0 Å². The first-order valence-corrected chi connectivity index (χ1v) is 6.97. The van der Waals surface area contributed by atoms with Crippen LogP contribution in [-0.2, 0) is 4.74 Å². The third-order valence-electron chi connectivity index (χ3n) is 3.62. The Labute approximate surface area is 128 Å². The van der Waals surface area contributed by atoms with Gasteiger partial charge in [-0.2, -0.15) is 0 Å². The van der Waals surface area contributed by atoms with Crippen LogP contribution in [-0.4, -0.2) is 36.8 Å². The number of aromatic amines is 1. The largest absolute Gasteiger partial charge is 0.493 e. The van der Waals surface area contributed by atoms with Gasteiger partial charge in [0.1, 0.15) is 5.75 Å². The normalized spacial score (nSPS) is 15.1. The number of amides is 1. The summed E-state index contributed by atoms with van der Waals surface area (Å²) in [6.07, 6.45) is 5.87. The van der Waals surface area contributed by atoms with Gasteiger partial charge in [-0.05, 0) is 29.8 Å². The Bertz CT molecular complexity index is 707. The maximum atomic E-state index is 11.7. The van der Waals surface area contributed by atoms with Crippen molar-refractivity contribution in [1.29, 1.82) is 0 Å². The van der Waals surface area contributed by atoms with Gasteiger partial charge in [0.15, 0.2) is 0 Å². The van der Waals surface area contributed by atoms with E-state index in [2.05, 4.69) is 16.0 Å². The predicted molar refractivity (Wildman–Crippen MR) is 83.8 cm³/mol. The molecule has 0 atom stereocenters. The molecule has 0 unspecified atom stereocenters. The fourth-order valence-electron chi connectivity index (χ4n) is 2.43. The lowest BCUT2D eigenvalue weighted by molar-refractivity contribution is 0.180. The molecule has 0 spiro atoms. The minimum absolute atomic E-state index is 0.407. The number of carbonyl (C=O) groups excluding carboxylic acids is 1. The van der Waals surface area contributed by atoms with Crippen LogP contribution in [0.2, 0.25) is 0 Å². The van der Waals surface area contributed by atoms with Crippen LogP contribution >= 0.6 is 0 Å². The van der Waals surface area contributed by atoms with E-state index in [4.69, 9.17) is 9.47 Å². The molecule has 1 aromatic carbocycles. The van der Waals surface area contributed by atoms with Gasteiger partial charge >= 0.3 is 6.09 Å². The lowest BCUT2D eigenvalue weighted by Gasteiger charge is -2.23. The summed E-state index contributed by atoms with van der Waals surface area (Å²) in [7, 11) is 3.04. The number of benzene rings is 1. The van der Waals surface area contributed by atoms with Gasteiger partial charge in [-0.3, -0.25) is 4.90 Å². The van der Waals surface area contributed by atoms with E-state index in [9.17, 15) is 4.79 Å². The van der Waals surface area contributed by atoms with Crippen molar-refractivity contribution in [2.75, 3.05) is 25.7 Å². The molecule has 0 radical (unpaired) electrons. The van der Waals surface area contributed by atoms with Gasteiger partial charge in [0.05, 0.1) is 31.9 Å². The van der Waals surface area contributed by atoms with Crippen molar-refractivity contribution in [1.82, 2.24) is 9.97 Å². The molecule has 114 valence electrons. The molecule has 0 aliphatic carbocycles. The number of hydrogen-bond donors (Lipinski definition) is 1. The molecule has 0 bridgehead atoms. The number of imidazole rings is 1. The molecule has 0 saturated heterocycles. The SMILES string of the molecule is COC(=O)N(C)c1ccc2c(c1)C(=Cc1cnc[nH]1)CCO2. The Morgan fingerprint density at radius 1 is 1.50 bits per heavy atom. The molecular formula is C16H17N3O3. The highest BCUT2D eigenvalue weighted by atomic mass is 16.5. The van der Waals surface area contributed by atoms with Crippen molar-refractivity contribution in [2.45, 2.75) is 6.42 Å². The average molecular weight is 299 g/mol. The van der Waals surface area contributed by atoms with Crippen molar-refractivity contribution in [2.24, 2.45) is 0 Å². The summed E-state index contributed by atoms with van der Waals surface area (Å²) in [6, 6.07) is 5.66. The van der Waals surface area contributed by atoms with Crippen molar-refractivity contribution in [3.63, 3.8) is 0 Å². The second kappa shape index (κ2) is 5.93. The number of carbonyl (C=O) groups is 1. The molecule has 1 aliphatic rings. The third-order valence-corrected chi connectivity index (χ3v) is 3.62. The Morgan fingerprint density at radius 2 is 2.36 bits per heavy atom. The van der Waals surface area contributed by atoms with E-state index >= 15 is 0 Å². The van der Waals surface area contributed by atoms with Gasteiger partial charge in [-0.1, -0.05) is 0 Å². The van der Waals surface area contributed by atoms with Crippen LogP contribution in [0.3, 0.4) is 0 Å². The minimum Gasteiger partial charge on any atom is -0.493 e. The van der Waals surface area contributed by atoms with Crippen LogP contribution in [0.15, 0.2) is 30.7 Å². The van der Waals surface area contributed by atoms with Crippen molar-refractivity contribution in [3.8, 4) is 5.75 Å². The molecule has 0 fully saturated rings. The van der Waals surface area contributed by atoms with Crippen molar-refractivity contribution >= 4 is 23.4 Å². The molecule has 1 amide bonds. The van der Waals surface area contributed by atoms with E-state index in [1.807, 2.05) is 18.2 Å². The highest BCUT2D eigenvalue weighted by Gasteiger charge is 2.19. The number of anilines is 1. The fourth-order valence-corrected chi connectivity index (χ4v) is 2.43. The zero-order valence-corrected chi connectivity index (χ0v) is 12.5. The van der Waals surface area contributed by atoms with Crippen LogP contribution in [0.5, 0.6) is 5.75 Å². The number of fused-ring (bicyclic) bond motifs is 1. The molecule has 22 heavy (non-hydrogen) atoms. The summed E-state index contributed by atoms with van der Waals surface area (Å²) >= 11 is 0. The smallest absolute Gasteiger partial charge is 0.413 e. The van der Waals surface area contributed by atoms with E-state index in [-0.39, 0.29) is 0 Å². The Kier molecular flexibility index (Phi) is 3.82. The molecular weight excluding hydrogens is 282 g/mol. The summed E-state index contributed by atoms with van der Waals surface area (Å²) in [5, 5.41) is 0. The van der Waals surface area contributed by atoms with E-state index in [0.717, 1.165) is 34.7 Å². The molecule has 1 N–H and O–H groups in total. The van der Waals surface area contributed by atoms with Gasteiger partial charge in [0.2, 0.25) is 0 Å². The summed E-state index contributed by atoms with van der Waals surface area (Å²) in [6.45, 7) is 0.638. The van der Waals surface area contributed by atoms with Crippen LogP contribution in [0, 0.1) is 0 Å². The maximum absolute atomic E-state index is 11.7. The number of methoxy groups -OCH3 is 1. The van der Waals surface area contributed by atoms with E-state index < -0.39 is 6.09 Å². The zero-order valence-electron chi connectivity index (χ0n) is 12.5. The lowest BCUT2D eigenvalue weighted by Crippen LogP contribution is -2.26. The number of H-pyrrole nitrogens is 1. The van der Waals surface area contributed by atoms with Crippen molar-refractivity contribution < 1.29 is 14.3 Å². The lowest BCUT2D eigenvalue weighted by atomic mass is 9.98. The van der Waals surface area contributed by atoms with Gasteiger partial charge in [0, 0.05) is 24.7 Å². The Morgan fingerprint density at radius 3 is 3.09 bits per heavy atom. The van der Waals surface area contributed by atoms with Gasteiger partial charge in [-0.25, -0.2) is 9.78 Å². The second-order valence-corrected chi connectivity index (χ2v) is 4.98. The molecule has 6 heteroatoms. The molecule has 1 aromatic heterocycles. The van der Waals surface area contributed by atoms with Gasteiger partial charge in [0.25, 0.3) is 0 Å². The first-order chi connectivity index (χ1) is 10.7. The molecule has 0 saturated carbocycles. The van der Waals surface area contributed by atoms with Crippen LogP contribution in [0.4, 0.5) is 10.5 Å². The maximum Gasteiger partial charge on any atom is 0.413 e. The van der Waals surface area contributed by atoms with Crippen LogP contribution in [0.1, 0.15) is 17.7 Å². The Balaban J connectivity index is 2.00. The molecule has 2 aromatic rings. The van der Waals surface area contributed by atoms with E-state index in [1.54, 1.807) is 19.6 Å². The van der Waals surface area contributed by atoms with Crippen molar-refractivity contribution in [3.05, 3.63) is 42.0 Å². The quantitative estimate of drug-likeness (QED) is 0.925. The summed E-state index contributed by atoms with van der Waals surface area (Å²) in [5.74, 6) is 0.819. The van der Waals surface area contributed by atoms with Gasteiger partial charge < -0.3 is 14.5 Å². The number of nitrogens with zero attached hydrogens (tertiary/aromatic N) is 2. The molecule has 2 heterocycles. The summed E-state index contributed by atoms with van der Waals surface area (Å²) < 4.78 is 10.4. The first kappa shape index (κ1) is 14.2. The van der Waals surface area contributed by atoms with Crippen LogP contribution < -0.4 is 9.64 Å². The summed E-state index contributed by atoms with van der Waals surface area (Å²) in [5.41, 5.74) is 3.82. The first-order valence-electron chi connectivity index (χ1n) is 6.97. The van der Waals surface area contributed by atoms with Crippen LogP contribution in [0.25, 0.3) is 11.6 Å². The number of rotatable bonds is 2. The highest BCUT2D eigenvalue weighted by molar-refractivity contribution is 5.90. The average Bonchev–Trinajstić information content (AvgIpc) is 3.06. The number of aromatic nitrogens is 2. The summed E-state index contributed by atoms with van der Waals surface area (Å²) in [4.78, 5) is 20.2. The molecule has 1 aliphatic heterocycles. The molecule has 3 rings (SSSR count). The third kappa shape index (κ3) is 2.67. The Hall–Kier alpha value is -2.76. The fraction of sp³-hybridized carbons (Fsp3) is 0.250. The predicted octanol–water partition coefficient (Wildman–Crippen LogP) is 2.94. The topological polar surface area (TPSA) is 67.5 Å².